The molecule has 0 unspecified atom stereocenters. The van der Waals surface area contributed by atoms with Gasteiger partial charge >= 0.3 is 6.03 Å². The van der Waals surface area contributed by atoms with Gasteiger partial charge in [0.15, 0.2) is 11.6 Å². The Bertz CT molecular complexity index is 1150. The molecule has 0 radical (unpaired) electrons. The monoisotopic (exact) mass is 574 g/mol. The first kappa shape index (κ1) is 30.3. The van der Waals surface area contributed by atoms with Crippen LogP contribution in [0.15, 0.2) is 18.3 Å². The van der Waals surface area contributed by atoms with Crippen LogP contribution in [0.2, 0.25) is 5.02 Å². The summed E-state index contributed by atoms with van der Waals surface area (Å²) in [5, 5.41) is 3.51. The fourth-order valence-corrected chi connectivity index (χ4v) is 6.12. The van der Waals surface area contributed by atoms with E-state index < -0.39 is 5.82 Å². The molecule has 0 saturated heterocycles. The average Bonchev–Trinajstić information content (AvgIpc) is 3.44. The number of urea groups is 1. The van der Waals surface area contributed by atoms with E-state index in [0.29, 0.717) is 30.5 Å². The van der Waals surface area contributed by atoms with Gasteiger partial charge in [-0.25, -0.2) is 14.2 Å². The number of unbranched alkanes of at least 4 members (excludes halogenated alkanes) is 2. The molecule has 1 aromatic heterocycles. The quantitative estimate of drug-likeness (QED) is 0.254. The Balaban J connectivity index is 1.49. The van der Waals surface area contributed by atoms with E-state index in [9.17, 15) is 4.79 Å². The predicted molar refractivity (Wildman–Crippen MR) is 160 cm³/mol. The molecule has 10 heteroatoms. The first-order chi connectivity index (χ1) is 19.2. The van der Waals surface area contributed by atoms with Gasteiger partial charge in [-0.1, -0.05) is 30.9 Å². The molecule has 4 rings (SSSR count). The molecule has 1 aliphatic carbocycles. The summed E-state index contributed by atoms with van der Waals surface area (Å²) >= 11 is 6.45. The molecule has 0 bridgehead atoms. The van der Waals surface area contributed by atoms with Crippen molar-refractivity contribution in [3.63, 3.8) is 0 Å². The summed E-state index contributed by atoms with van der Waals surface area (Å²) < 4.78 is 21.0. The number of rotatable bonds is 13. The molecule has 0 spiro atoms. The lowest BCUT2D eigenvalue weighted by Gasteiger charge is -2.39. The van der Waals surface area contributed by atoms with E-state index in [-0.39, 0.29) is 35.1 Å². The summed E-state index contributed by atoms with van der Waals surface area (Å²) in [6, 6.07) is 3.83. The van der Waals surface area contributed by atoms with Gasteiger partial charge in [0.05, 0.1) is 18.2 Å². The van der Waals surface area contributed by atoms with Gasteiger partial charge in [0.1, 0.15) is 11.5 Å². The molecule has 2 aliphatic rings. The normalized spacial score (nSPS) is 16.0. The molecule has 1 N–H and O–H groups in total. The van der Waals surface area contributed by atoms with Crippen LogP contribution in [0, 0.1) is 5.82 Å². The first-order valence-electron chi connectivity index (χ1n) is 14.8. The van der Waals surface area contributed by atoms with Crippen LogP contribution < -0.4 is 19.9 Å². The van der Waals surface area contributed by atoms with Crippen LogP contribution in [0.5, 0.6) is 5.75 Å². The molecular weight excluding hydrogens is 531 g/mol. The molecule has 2 heterocycles. The van der Waals surface area contributed by atoms with E-state index in [0.717, 1.165) is 63.6 Å². The van der Waals surface area contributed by atoms with Crippen LogP contribution in [0.3, 0.4) is 0 Å². The Morgan fingerprint density at radius 2 is 1.88 bits per heavy atom. The Morgan fingerprint density at radius 3 is 2.55 bits per heavy atom. The standard InChI is InChI=1S/C30H44ClFN6O2/c1-6-40-25-15-14-24(31)27(26(25)32)37-19-22-18-34-29(33-16-10-7-11-17-36(20(2)3)21(4)5)35-28(22)38(30(37)39)23-12-8-9-13-23/h14-15,18,20-21,23H,6-13,16-17,19H2,1-5H3,(H,33,34,35). The number of fused-ring (bicyclic) bond motifs is 1. The van der Waals surface area contributed by atoms with Crippen molar-refractivity contribution in [2.45, 2.75) is 104 Å². The maximum Gasteiger partial charge on any atom is 0.330 e. The molecule has 1 aliphatic heterocycles. The lowest BCUT2D eigenvalue weighted by atomic mass is 10.1. The Labute approximate surface area is 243 Å². The number of carbonyl (C=O) groups is 1. The lowest BCUT2D eigenvalue weighted by Crippen LogP contribution is -2.52. The van der Waals surface area contributed by atoms with Crippen molar-refractivity contribution in [3.8, 4) is 5.75 Å². The van der Waals surface area contributed by atoms with E-state index in [2.05, 4.69) is 42.9 Å². The van der Waals surface area contributed by atoms with Crippen LogP contribution >= 0.6 is 11.6 Å². The maximum absolute atomic E-state index is 15.5. The zero-order chi connectivity index (χ0) is 28.8. The minimum Gasteiger partial charge on any atom is -0.491 e. The van der Waals surface area contributed by atoms with Crippen LogP contribution in [-0.4, -0.2) is 58.7 Å². The molecule has 2 aromatic rings. The fraction of sp³-hybridized carbons (Fsp3) is 0.633. The van der Waals surface area contributed by atoms with Crippen molar-refractivity contribution in [2.24, 2.45) is 0 Å². The van der Waals surface area contributed by atoms with E-state index >= 15 is 4.39 Å². The van der Waals surface area contributed by atoms with E-state index in [1.54, 1.807) is 24.1 Å². The van der Waals surface area contributed by atoms with Crippen molar-refractivity contribution < 1.29 is 13.9 Å². The third kappa shape index (κ3) is 6.79. The molecule has 1 fully saturated rings. The van der Waals surface area contributed by atoms with E-state index in [4.69, 9.17) is 21.3 Å². The number of nitrogens with zero attached hydrogens (tertiary/aromatic N) is 5. The van der Waals surface area contributed by atoms with Crippen LogP contribution in [0.1, 0.15) is 85.1 Å². The van der Waals surface area contributed by atoms with Crippen LogP contribution in [-0.2, 0) is 6.54 Å². The second-order valence-electron chi connectivity index (χ2n) is 11.3. The number of hydrogen-bond acceptors (Lipinski definition) is 6. The van der Waals surface area contributed by atoms with Gasteiger partial charge in [0.2, 0.25) is 5.95 Å². The molecule has 1 aromatic carbocycles. The average molecular weight is 575 g/mol. The molecule has 1 saturated carbocycles. The van der Waals surface area contributed by atoms with E-state index in [1.165, 1.54) is 11.0 Å². The van der Waals surface area contributed by atoms with Gasteiger partial charge in [0.25, 0.3) is 0 Å². The highest BCUT2D eigenvalue weighted by Crippen LogP contribution is 2.41. The van der Waals surface area contributed by atoms with Crippen molar-refractivity contribution in [1.82, 2.24) is 14.9 Å². The van der Waals surface area contributed by atoms with Crippen molar-refractivity contribution in [1.29, 1.82) is 0 Å². The summed E-state index contributed by atoms with van der Waals surface area (Å²) in [7, 11) is 0. The second-order valence-corrected chi connectivity index (χ2v) is 11.7. The number of anilines is 3. The fourth-order valence-electron chi connectivity index (χ4n) is 5.87. The topological polar surface area (TPSA) is 73.8 Å². The summed E-state index contributed by atoms with van der Waals surface area (Å²) in [6.07, 6.45) is 8.86. The summed E-state index contributed by atoms with van der Waals surface area (Å²) in [5.74, 6) is 0.552. The van der Waals surface area contributed by atoms with Gasteiger partial charge in [-0.05, 0) is 79.0 Å². The minimum atomic E-state index is -0.637. The number of nitrogens with one attached hydrogen (secondary N) is 1. The van der Waals surface area contributed by atoms with Gasteiger partial charge in [0, 0.05) is 36.4 Å². The van der Waals surface area contributed by atoms with Crippen molar-refractivity contribution in [2.75, 3.05) is 34.8 Å². The van der Waals surface area contributed by atoms with E-state index in [1.807, 2.05) is 0 Å². The smallest absolute Gasteiger partial charge is 0.330 e. The third-order valence-electron chi connectivity index (χ3n) is 7.83. The molecular formula is C30H44ClFN6O2. The number of amides is 2. The van der Waals surface area contributed by atoms with Crippen molar-refractivity contribution >= 4 is 35.1 Å². The highest BCUT2D eigenvalue weighted by molar-refractivity contribution is 6.34. The third-order valence-corrected chi connectivity index (χ3v) is 8.13. The number of aromatic nitrogens is 2. The highest BCUT2D eigenvalue weighted by atomic mass is 35.5. The lowest BCUT2D eigenvalue weighted by molar-refractivity contribution is 0.171. The largest absolute Gasteiger partial charge is 0.491 e. The van der Waals surface area contributed by atoms with Crippen molar-refractivity contribution in [3.05, 3.63) is 34.7 Å². The molecule has 2 amide bonds. The summed E-state index contributed by atoms with van der Waals surface area (Å²) in [5.41, 5.74) is 0.791. The molecule has 8 nitrogen and oxygen atoms in total. The molecule has 0 atom stereocenters. The maximum atomic E-state index is 15.5. The van der Waals surface area contributed by atoms with Gasteiger partial charge in [-0.15, -0.1) is 0 Å². The molecule has 220 valence electrons. The Kier molecular flexibility index (Phi) is 10.5. The zero-order valence-electron chi connectivity index (χ0n) is 24.6. The zero-order valence-corrected chi connectivity index (χ0v) is 25.3. The molecule has 40 heavy (non-hydrogen) atoms. The number of carbonyl (C=O) groups excluding carboxylic acids is 1. The summed E-state index contributed by atoms with van der Waals surface area (Å²) in [6.45, 7) is 13.1. The predicted octanol–water partition coefficient (Wildman–Crippen LogP) is 7.26. The van der Waals surface area contributed by atoms with Crippen LogP contribution in [0.25, 0.3) is 0 Å². The number of halogens is 2. The van der Waals surface area contributed by atoms with Crippen LogP contribution in [0.4, 0.5) is 26.6 Å². The minimum absolute atomic E-state index is 0.00132. The first-order valence-corrected chi connectivity index (χ1v) is 15.2. The van der Waals surface area contributed by atoms with Gasteiger partial charge in [-0.3, -0.25) is 14.7 Å². The SMILES string of the molecule is CCOc1ccc(Cl)c(N2Cc3cnc(NCCCCCN(C(C)C)C(C)C)nc3N(C3CCCC3)C2=O)c1F. The highest BCUT2D eigenvalue weighted by Gasteiger charge is 2.40. The number of benzene rings is 1. The Hall–Kier alpha value is -2.65. The summed E-state index contributed by atoms with van der Waals surface area (Å²) in [4.78, 5) is 28.9. The Morgan fingerprint density at radius 1 is 1.15 bits per heavy atom. The van der Waals surface area contributed by atoms with Gasteiger partial charge in [-0.2, -0.15) is 4.98 Å². The number of hydrogen-bond donors (Lipinski definition) is 1. The number of ether oxygens (including phenoxy) is 1. The van der Waals surface area contributed by atoms with Gasteiger partial charge < -0.3 is 10.1 Å². The second kappa shape index (κ2) is 13.8.